The molecule has 0 aromatic carbocycles. The van der Waals surface area contributed by atoms with E-state index in [0.717, 1.165) is 31.8 Å². The molecule has 0 saturated heterocycles. The largest absolute Gasteiger partial charge is 0.462 e. The maximum absolute atomic E-state index is 12.9. The molecule has 0 radical (unpaired) electrons. The van der Waals surface area contributed by atoms with E-state index in [9.17, 15) is 28.8 Å². The summed E-state index contributed by atoms with van der Waals surface area (Å²) in [7, 11) is 0. The summed E-state index contributed by atoms with van der Waals surface area (Å²) in [6, 6.07) is 0.461. The number of hydrogen-bond acceptors (Lipinski definition) is 11. The van der Waals surface area contributed by atoms with Crippen molar-refractivity contribution in [3.63, 3.8) is 0 Å². The first-order chi connectivity index (χ1) is 25.1. The summed E-state index contributed by atoms with van der Waals surface area (Å²) in [6.45, 7) is 19.3. The van der Waals surface area contributed by atoms with E-state index in [2.05, 4.69) is 72.4 Å². The van der Waals surface area contributed by atoms with Gasteiger partial charge in [0.2, 0.25) is 5.95 Å². The van der Waals surface area contributed by atoms with Gasteiger partial charge in [-0.05, 0) is 80.5 Å². The van der Waals surface area contributed by atoms with Crippen LogP contribution in [-0.2, 0) is 28.5 Å². The van der Waals surface area contributed by atoms with Crippen LogP contribution in [0, 0.1) is 28.6 Å². The van der Waals surface area contributed by atoms with Gasteiger partial charge in [-0.2, -0.15) is 0 Å². The Bertz CT molecular complexity index is 1580. The minimum atomic E-state index is -0.714. The van der Waals surface area contributed by atoms with Crippen LogP contribution >= 0.6 is 0 Å². The van der Waals surface area contributed by atoms with Crippen molar-refractivity contribution < 1.29 is 42.9 Å². The molecule has 54 heavy (non-hydrogen) atoms. The van der Waals surface area contributed by atoms with Crippen molar-refractivity contribution in [2.24, 2.45) is 21.7 Å². The Balaban J connectivity index is 1.41. The van der Waals surface area contributed by atoms with E-state index in [4.69, 9.17) is 18.9 Å². The Kier molecular flexibility index (Phi) is 15.1. The van der Waals surface area contributed by atoms with Crippen molar-refractivity contribution in [2.75, 3.05) is 31.7 Å². The van der Waals surface area contributed by atoms with Gasteiger partial charge in [0.1, 0.15) is 25.9 Å². The summed E-state index contributed by atoms with van der Waals surface area (Å²) in [6.07, 6.45) is 4.16. The average Bonchev–Trinajstić information content (AvgIpc) is 3.01. The first kappa shape index (κ1) is 43.8. The normalized spacial score (nSPS) is 24.8. The van der Waals surface area contributed by atoms with Crippen LogP contribution in [0.15, 0.2) is 23.5 Å². The van der Waals surface area contributed by atoms with E-state index in [0.29, 0.717) is 31.5 Å². The lowest BCUT2D eigenvalue weighted by molar-refractivity contribution is -0.150. The fourth-order valence-corrected chi connectivity index (χ4v) is 8.54. The molecule has 2 aliphatic rings. The molecule has 3 rings (SSSR count). The number of amides is 4. The molecule has 0 spiro atoms. The topological polar surface area (TPSA) is 216 Å². The second-order valence-corrected chi connectivity index (χ2v) is 17.3. The molecule has 16 nitrogen and oxygen atoms in total. The number of H-pyrrole nitrogens is 1. The third-order valence-electron chi connectivity index (χ3n) is 9.75. The lowest BCUT2D eigenvalue weighted by Crippen LogP contribution is -2.51. The lowest BCUT2D eigenvalue weighted by atomic mass is 9.61. The first-order valence-electron chi connectivity index (χ1n) is 18.6. The average molecular weight is 761 g/mol. The van der Waals surface area contributed by atoms with E-state index in [1.54, 1.807) is 13.8 Å². The molecule has 0 bridgehead atoms. The summed E-state index contributed by atoms with van der Waals surface area (Å²) in [5, 5.41) is 11.4. The number of nitrogens with zero attached hydrogens (tertiary/aromatic N) is 1. The van der Waals surface area contributed by atoms with Crippen LogP contribution in [-0.4, -0.2) is 84.7 Å². The van der Waals surface area contributed by atoms with Crippen molar-refractivity contribution in [2.45, 2.75) is 125 Å². The minimum Gasteiger partial charge on any atom is -0.462 e. The SMILES string of the molecule is C=CC(=O)OCCOC(=O)CCC1(C)CC(NC(=O)OC(C)COC(=O)NCC2(C)CC(NC(=O)Nc3nc(C)cc(=O)[nH]3)CC(C)(C)C2)CC(C)(C)C1. The zero-order chi connectivity index (χ0) is 40.3. The quantitative estimate of drug-likeness (QED) is 0.0672. The summed E-state index contributed by atoms with van der Waals surface area (Å²) in [5.74, 6) is -0.900. The van der Waals surface area contributed by atoms with Crippen molar-refractivity contribution in [3.05, 3.63) is 34.8 Å². The molecule has 1 heterocycles. The van der Waals surface area contributed by atoms with Gasteiger partial charge in [0.25, 0.3) is 5.56 Å². The van der Waals surface area contributed by atoms with Gasteiger partial charge in [0.05, 0.1) is 0 Å². The van der Waals surface area contributed by atoms with Crippen LogP contribution in [0.25, 0.3) is 0 Å². The molecular weight excluding hydrogens is 700 g/mol. The van der Waals surface area contributed by atoms with E-state index in [1.165, 1.54) is 6.07 Å². The monoisotopic (exact) mass is 760 g/mol. The second-order valence-electron chi connectivity index (χ2n) is 17.3. The predicted octanol–water partition coefficient (Wildman–Crippen LogP) is 5.26. The number of anilines is 1. The molecule has 5 N–H and O–H groups in total. The van der Waals surface area contributed by atoms with Crippen molar-refractivity contribution >= 4 is 36.1 Å². The van der Waals surface area contributed by atoms with Crippen LogP contribution in [0.2, 0.25) is 0 Å². The maximum Gasteiger partial charge on any atom is 0.407 e. The number of aromatic amines is 1. The molecule has 4 amide bonds. The van der Waals surface area contributed by atoms with Crippen molar-refractivity contribution in [1.29, 1.82) is 0 Å². The number of ether oxygens (including phenoxy) is 4. The molecule has 5 atom stereocenters. The van der Waals surface area contributed by atoms with Crippen LogP contribution in [0.1, 0.15) is 106 Å². The summed E-state index contributed by atoms with van der Waals surface area (Å²) >= 11 is 0. The number of rotatable bonds is 15. The van der Waals surface area contributed by atoms with Gasteiger partial charge in [-0.25, -0.2) is 24.2 Å². The summed E-state index contributed by atoms with van der Waals surface area (Å²) in [5.41, 5.74) is -0.724. The highest BCUT2D eigenvalue weighted by Gasteiger charge is 2.43. The number of carbonyl (C=O) groups is 5. The fraction of sp³-hybridized carbons (Fsp3) is 0.711. The van der Waals surface area contributed by atoms with E-state index in [-0.39, 0.29) is 77.5 Å². The zero-order valence-corrected chi connectivity index (χ0v) is 33.1. The van der Waals surface area contributed by atoms with Gasteiger partial charge in [0, 0.05) is 42.9 Å². The number of nitrogens with one attached hydrogen (secondary N) is 5. The lowest BCUT2D eigenvalue weighted by Gasteiger charge is -2.46. The van der Waals surface area contributed by atoms with E-state index < -0.39 is 30.3 Å². The molecule has 1 aromatic rings. The Morgan fingerprint density at radius 2 is 1.52 bits per heavy atom. The molecule has 1 aromatic heterocycles. The smallest absolute Gasteiger partial charge is 0.407 e. The Hall–Kier alpha value is -4.63. The molecule has 0 aliphatic heterocycles. The van der Waals surface area contributed by atoms with Crippen molar-refractivity contribution in [3.8, 4) is 0 Å². The molecule has 2 aliphatic carbocycles. The van der Waals surface area contributed by atoms with Crippen molar-refractivity contribution in [1.82, 2.24) is 25.9 Å². The number of hydrogen-bond donors (Lipinski definition) is 5. The molecule has 2 saturated carbocycles. The fourth-order valence-electron chi connectivity index (χ4n) is 8.54. The highest BCUT2D eigenvalue weighted by atomic mass is 16.6. The predicted molar refractivity (Wildman–Crippen MR) is 201 cm³/mol. The van der Waals surface area contributed by atoms with Gasteiger partial charge in [0.15, 0.2) is 0 Å². The summed E-state index contributed by atoms with van der Waals surface area (Å²) in [4.78, 5) is 80.2. The van der Waals surface area contributed by atoms with Crippen LogP contribution in [0.4, 0.5) is 20.3 Å². The van der Waals surface area contributed by atoms with E-state index >= 15 is 0 Å². The van der Waals surface area contributed by atoms with Gasteiger partial charge in [-0.1, -0.05) is 48.1 Å². The highest BCUT2D eigenvalue weighted by molar-refractivity contribution is 5.87. The number of aryl methyl sites for hydroxylation is 1. The third-order valence-corrected chi connectivity index (χ3v) is 9.75. The Labute approximate surface area is 317 Å². The molecule has 2 fully saturated rings. The van der Waals surface area contributed by atoms with Crippen LogP contribution in [0.3, 0.4) is 0 Å². The zero-order valence-electron chi connectivity index (χ0n) is 33.1. The van der Waals surface area contributed by atoms with E-state index in [1.807, 2.05) is 6.92 Å². The van der Waals surface area contributed by atoms with Gasteiger partial charge >= 0.3 is 30.2 Å². The number of carbonyl (C=O) groups excluding carboxylic acids is 5. The van der Waals surface area contributed by atoms with Gasteiger partial charge in [-0.15, -0.1) is 0 Å². The Morgan fingerprint density at radius 3 is 2.17 bits per heavy atom. The minimum absolute atomic E-state index is 0.0302. The van der Waals surface area contributed by atoms with Gasteiger partial charge in [-0.3, -0.25) is 19.9 Å². The standard InChI is InChI=1S/C38H60N6O10/c1-10-29(46)51-13-14-52-30(47)11-12-37(8)18-27(17-35(4,5)21-37)42-34(50)54-25(3)20-53-33(49)39-23-38(9)19-26(16-36(6,7)22-38)41-32(48)44-31-40-24(2)15-28(45)43-31/h10,15,25-27H,1,11-14,16-23H2,2-9H3,(H,39,49)(H,42,50)(H3,40,41,43,44,45,48). The van der Waals surface area contributed by atoms with Crippen LogP contribution < -0.4 is 26.8 Å². The summed E-state index contributed by atoms with van der Waals surface area (Å²) < 4.78 is 20.9. The number of esters is 2. The third kappa shape index (κ3) is 15.4. The molecule has 302 valence electrons. The number of aromatic nitrogens is 2. The number of urea groups is 1. The molecule has 5 unspecified atom stereocenters. The second kappa shape index (κ2) is 18.6. The molecule has 16 heteroatoms. The first-order valence-corrected chi connectivity index (χ1v) is 18.6. The van der Waals surface area contributed by atoms with Crippen LogP contribution in [0.5, 0.6) is 0 Å². The van der Waals surface area contributed by atoms with Gasteiger partial charge < -0.3 is 34.9 Å². The molecular formula is C38H60N6O10. The Morgan fingerprint density at radius 1 is 0.907 bits per heavy atom. The highest BCUT2D eigenvalue weighted by Crippen LogP contribution is 2.49. The number of alkyl carbamates (subject to hydrolysis) is 2. The maximum atomic E-state index is 12.9.